The number of non-ortho nitro benzene ring substituents is 1. The summed E-state index contributed by atoms with van der Waals surface area (Å²) in [7, 11) is 1.88. The highest BCUT2D eigenvalue weighted by Crippen LogP contribution is 2.32. The van der Waals surface area contributed by atoms with Crippen LogP contribution in [0, 0.1) is 10.1 Å². The van der Waals surface area contributed by atoms with Gasteiger partial charge in [-0.1, -0.05) is 18.2 Å². The smallest absolute Gasteiger partial charge is 0.269 e. The van der Waals surface area contributed by atoms with E-state index in [0.717, 1.165) is 28.4 Å². The average molecular weight is 280 g/mol. The summed E-state index contributed by atoms with van der Waals surface area (Å²) in [6.07, 6.45) is 0.832. The van der Waals surface area contributed by atoms with E-state index in [0.29, 0.717) is 5.56 Å². The fourth-order valence-electron chi connectivity index (χ4n) is 2.63. The van der Waals surface area contributed by atoms with Crippen LogP contribution in [0.3, 0.4) is 0 Å². The zero-order valence-corrected chi connectivity index (χ0v) is 11.3. The lowest BCUT2D eigenvalue weighted by Gasteiger charge is -2.05. The lowest BCUT2D eigenvalue weighted by molar-refractivity contribution is -0.384. The molecular formula is C16H12N2O3. The van der Waals surface area contributed by atoms with Crippen molar-refractivity contribution in [2.24, 2.45) is 7.05 Å². The molecule has 2 aromatic carbocycles. The second-order valence-electron chi connectivity index (χ2n) is 4.76. The maximum absolute atomic E-state index is 11.5. The number of benzene rings is 2. The zero-order valence-electron chi connectivity index (χ0n) is 11.3. The lowest BCUT2D eigenvalue weighted by Crippen LogP contribution is -1.94. The number of aldehydes is 1. The van der Waals surface area contributed by atoms with Gasteiger partial charge in [-0.15, -0.1) is 0 Å². The van der Waals surface area contributed by atoms with Crippen molar-refractivity contribution < 1.29 is 9.72 Å². The van der Waals surface area contributed by atoms with Gasteiger partial charge in [-0.05, 0) is 23.8 Å². The van der Waals surface area contributed by atoms with E-state index < -0.39 is 4.92 Å². The molecule has 3 aromatic rings. The number of hydrogen-bond donors (Lipinski definition) is 0. The van der Waals surface area contributed by atoms with E-state index in [4.69, 9.17) is 0 Å². The molecule has 5 heteroatoms. The van der Waals surface area contributed by atoms with Crippen LogP contribution in [0.1, 0.15) is 10.4 Å². The first kappa shape index (κ1) is 13.1. The van der Waals surface area contributed by atoms with E-state index in [9.17, 15) is 14.9 Å². The fourth-order valence-corrected chi connectivity index (χ4v) is 2.63. The van der Waals surface area contributed by atoms with Gasteiger partial charge in [-0.25, -0.2) is 0 Å². The van der Waals surface area contributed by atoms with E-state index in [1.807, 2.05) is 35.9 Å². The fraction of sp³-hybridized carbons (Fsp3) is 0.0625. The molecule has 0 aliphatic heterocycles. The SMILES string of the molecule is Cn1c(-c2ccc([N+](=O)[O-])cc2)c(C=O)c2ccccc21. The summed E-state index contributed by atoms with van der Waals surface area (Å²) >= 11 is 0. The van der Waals surface area contributed by atoms with Gasteiger partial charge in [0.05, 0.1) is 10.6 Å². The molecule has 3 rings (SSSR count). The Morgan fingerprint density at radius 1 is 1.10 bits per heavy atom. The molecule has 104 valence electrons. The van der Waals surface area contributed by atoms with Crippen LogP contribution in [0.15, 0.2) is 48.5 Å². The summed E-state index contributed by atoms with van der Waals surface area (Å²) in [5.41, 5.74) is 3.13. The Labute approximate surface area is 120 Å². The number of nitro groups is 1. The molecule has 0 fully saturated rings. The lowest BCUT2D eigenvalue weighted by atomic mass is 10.1. The van der Waals surface area contributed by atoms with Gasteiger partial charge in [0, 0.05) is 35.6 Å². The first-order valence-electron chi connectivity index (χ1n) is 6.41. The number of para-hydroxylation sites is 1. The van der Waals surface area contributed by atoms with Gasteiger partial charge in [0.15, 0.2) is 6.29 Å². The van der Waals surface area contributed by atoms with Crippen molar-refractivity contribution in [1.82, 2.24) is 4.57 Å². The van der Waals surface area contributed by atoms with E-state index >= 15 is 0 Å². The quantitative estimate of drug-likeness (QED) is 0.418. The van der Waals surface area contributed by atoms with E-state index in [-0.39, 0.29) is 5.69 Å². The molecule has 1 heterocycles. The average Bonchev–Trinajstić information content (AvgIpc) is 2.80. The summed E-state index contributed by atoms with van der Waals surface area (Å²) in [4.78, 5) is 21.8. The van der Waals surface area contributed by atoms with Gasteiger partial charge in [-0.3, -0.25) is 14.9 Å². The van der Waals surface area contributed by atoms with Crippen LogP contribution in [0.5, 0.6) is 0 Å². The number of aromatic nitrogens is 1. The zero-order chi connectivity index (χ0) is 15.0. The van der Waals surface area contributed by atoms with E-state index in [1.165, 1.54) is 12.1 Å². The molecular weight excluding hydrogens is 268 g/mol. The molecule has 0 saturated carbocycles. The van der Waals surface area contributed by atoms with Crippen molar-refractivity contribution in [2.75, 3.05) is 0 Å². The number of aryl methyl sites for hydroxylation is 1. The predicted octanol–water partition coefficient (Wildman–Crippen LogP) is 3.57. The van der Waals surface area contributed by atoms with Crippen LogP contribution in [0.25, 0.3) is 22.2 Å². The van der Waals surface area contributed by atoms with Gasteiger partial charge >= 0.3 is 0 Å². The van der Waals surface area contributed by atoms with Crippen LogP contribution >= 0.6 is 0 Å². The van der Waals surface area contributed by atoms with Gasteiger partial charge < -0.3 is 4.57 Å². The molecule has 0 N–H and O–H groups in total. The summed E-state index contributed by atoms with van der Waals surface area (Å²) in [5, 5.41) is 11.6. The highest BCUT2D eigenvalue weighted by atomic mass is 16.6. The topological polar surface area (TPSA) is 65.1 Å². The Bertz CT molecular complexity index is 848. The number of hydrogen-bond acceptors (Lipinski definition) is 3. The highest BCUT2D eigenvalue weighted by molar-refractivity contribution is 6.04. The third-order valence-electron chi connectivity index (χ3n) is 3.62. The van der Waals surface area contributed by atoms with Crippen molar-refractivity contribution >= 4 is 22.9 Å². The minimum Gasteiger partial charge on any atom is -0.343 e. The largest absolute Gasteiger partial charge is 0.343 e. The second-order valence-corrected chi connectivity index (χ2v) is 4.76. The molecule has 5 nitrogen and oxygen atoms in total. The Morgan fingerprint density at radius 2 is 1.76 bits per heavy atom. The summed E-state index contributed by atoms with van der Waals surface area (Å²) < 4.78 is 1.93. The number of carbonyl (C=O) groups is 1. The van der Waals surface area contributed by atoms with Crippen molar-refractivity contribution in [3.05, 3.63) is 64.2 Å². The molecule has 0 aliphatic carbocycles. The predicted molar refractivity (Wildman–Crippen MR) is 80.4 cm³/mol. The van der Waals surface area contributed by atoms with Crippen LogP contribution < -0.4 is 0 Å². The van der Waals surface area contributed by atoms with E-state index in [2.05, 4.69) is 0 Å². The van der Waals surface area contributed by atoms with Gasteiger partial charge in [0.25, 0.3) is 5.69 Å². The number of nitrogens with zero attached hydrogens (tertiary/aromatic N) is 2. The van der Waals surface area contributed by atoms with Crippen LogP contribution in [0.2, 0.25) is 0 Å². The molecule has 0 spiro atoms. The van der Waals surface area contributed by atoms with Crippen molar-refractivity contribution in [2.45, 2.75) is 0 Å². The highest BCUT2D eigenvalue weighted by Gasteiger charge is 2.16. The molecule has 0 atom stereocenters. The number of carbonyl (C=O) groups excluding carboxylic acids is 1. The molecule has 21 heavy (non-hydrogen) atoms. The third-order valence-corrected chi connectivity index (χ3v) is 3.62. The van der Waals surface area contributed by atoms with Crippen molar-refractivity contribution in [3.63, 3.8) is 0 Å². The van der Waals surface area contributed by atoms with Crippen LogP contribution in [0.4, 0.5) is 5.69 Å². The third kappa shape index (κ3) is 1.99. The maximum atomic E-state index is 11.5. The number of nitro benzene ring substituents is 1. The monoisotopic (exact) mass is 280 g/mol. The van der Waals surface area contributed by atoms with Crippen LogP contribution in [-0.4, -0.2) is 15.8 Å². The Hall–Kier alpha value is -2.95. The van der Waals surface area contributed by atoms with Crippen molar-refractivity contribution in [3.8, 4) is 11.3 Å². The molecule has 0 saturated heterocycles. The molecule has 0 unspecified atom stereocenters. The molecule has 0 radical (unpaired) electrons. The molecule has 0 aliphatic rings. The van der Waals surface area contributed by atoms with E-state index in [1.54, 1.807) is 12.1 Å². The molecule has 1 aromatic heterocycles. The summed E-state index contributed by atoms with van der Waals surface area (Å²) in [5.74, 6) is 0. The van der Waals surface area contributed by atoms with Gasteiger partial charge in [0.1, 0.15) is 0 Å². The first-order valence-corrected chi connectivity index (χ1v) is 6.41. The standard InChI is InChI=1S/C16H12N2O3/c1-17-15-5-3-2-4-13(15)14(10-19)16(17)11-6-8-12(9-7-11)18(20)21/h2-10H,1H3. The summed E-state index contributed by atoms with van der Waals surface area (Å²) in [6, 6.07) is 13.9. The number of fused-ring (bicyclic) bond motifs is 1. The minimum absolute atomic E-state index is 0.0326. The molecule has 0 amide bonds. The second kappa shape index (κ2) is 4.86. The van der Waals surface area contributed by atoms with Gasteiger partial charge in [0.2, 0.25) is 0 Å². The Morgan fingerprint density at radius 3 is 2.38 bits per heavy atom. The normalized spacial score (nSPS) is 10.7. The minimum atomic E-state index is -0.439. The Kier molecular flexibility index (Phi) is 3.02. The number of rotatable bonds is 3. The van der Waals surface area contributed by atoms with Crippen LogP contribution in [-0.2, 0) is 7.05 Å². The van der Waals surface area contributed by atoms with Gasteiger partial charge in [-0.2, -0.15) is 0 Å². The maximum Gasteiger partial charge on any atom is 0.269 e. The first-order chi connectivity index (χ1) is 10.1. The molecule has 0 bridgehead atoms. The summed E-state index contributed by atoms with van der Waals surface area (Å²) in [6.45, 7) is 0. The Balaban J connectivity index is 2.26. The van der Waals surface area contributed by atoms with Crippen molar-refractivity contribution in [1.29, 1.82) is 0 Å².